The molecule has 0 bridgehead atoms. The van der Waals surface area contributed by atoms with Crippen LogP contribution in [0, 0.1) is 0 Å². The molecule has 1 atom stereocenters. The van der Waals surface area contributed by atoms with Gasteiger partial charge in [0.1, 0.15) is 5.75 Å². The molecule has 2 rings (SSSR count). The first kappa shape index (κ1) is 9.96. The van der Waals surface area contributed by atoms with Gasteiger partial charge in [-0.25, -0.2) is 0 Å². The predicted molar refractivity (Wildman–Crippen MR) is 59.6 cm³/mol. The van der Waals surface area contributed by atoms with Gasteiger partial charge in [-0.3, -0.25) is 0 Å². The van der Waals surface area contributed by atoms with Crippen molar-refractivity contribution in [1.29, 1.82) is 0 Å². The zero-order valence-corrected chi connectivity index (χ0v) is 8.22. The van der Waals surface area contributed by atoms with E-state index in [9.17, 15) is 10.2 Å². The number of hydrogen-bond acceptors (Lipinski definition) is 3. The molecule has 0 radical (unpaired) electrons. The highest BCUT2D eigenvalue weighted by atomic mass is 16.3. The highest BCUT2D eigenvalue weighted by molar-refractivity contribution is 5.88. The number of aliphatic hydroxyl groups excluding tert-OH is 1. The van der Waals surface area contributed by atoms with Gasteiger partial charge in [0.2, 0.25) is 0 Å². The Bertz CT molecular complexity index is 482. The Morgan fingerprint density at radius 3 is 2.60 bits per heavy atom. The molecule has 0 saturated carbocycles. The second-order valence-electron chi connectivity index (χ2n) is 3.47. The van der Waals surface area contributed by atoms with Gasteiger partial charge < -0.3 is 15.9 Å². The van der Waals surface area contributed by atoms with Gasteiger partial charge in [0.05, 0.1) is 6.10 Å². The van der Waals surface area contributed by atoms with Crippen molar-refractivity contribution in [3.05, 3.63) is 42.0 Å². The molecule has 0 fully saturated rings. The predicted octanol–water partition coefficient (Wildman–Crippen LogP) is 1.54. The number of aliphatic hydroxyl groups is 1. The van der Waals surface area contributed by atoms with Crippen LogP contribution < -0.4 is 5.73 Å². The van der Waals surface area contributed by atoms with Crippen molar-refractivity contribution < 1.29 is 10.2 Å². The van der Waals surface area contributed by atoms with Crippen LogP contribution in [0.2, 0.25) is 0 Å². The second kappa shape index (κ2) is 3.88. The molecular formula is C12H13NO2. The minimum Gasteiger partial charge on any atom is -0.508 e. The van der Waals surface area contributed by atoms with E-state index >= 15 is 0 Å². The van der Waals surface area contributed by atoms with E-state index in [1.54, 1.807) is 6.07 Å². The molecule has 0 amide bonds. The lowest BCUT2D eigenvalue weighted by Crippen LogP contribution is -2.12. The van der Waals surface area contributed by atoms with Crippen molar-refractivity contribution in [3.8, 4) is 5.75 Å². The average molecular weight is 203 g/mol. The van der Waals surface area contributed by atoms with Crippen LogP contribution in [0.15, 0.2) is 36.4 Å². The van der Waals surface area contributed by atoms with E-state index in [-0.39, 0.29) is 12.3 Å². The Balaban J connectivity index is 2.74. The summed E-state index contributed by atoms with van der Waals surface area (Å²) in [6, 6.07) is 11.0. The fraction of sp³-hybridized carbons (Fsp3) is 0.167. The maximum atomic E-state index is 9.72. The third-order valence-corrected chi connectivity index (χ3v) is 2.50. The summed E-state index contributed by atoms with van der Waals surface area (Å²) < 4.78 is 0. The number of phenols is 1. The summed E-state index contributed by atoms with van der Waals surface area (Å²) in [6.07, 6.45) is -0.823. The van der Waals surface area contributed by atoms with Crippen LogP contribution in [-0.2, 0) is 0 Å². The number of fused-ring (bicyclic) bond motifs is 1. The Hall–Kier alpha value is -1.58. The molecular weight excluding hydrogens is 190 g/mol. The van der Waals surface area contributed by atoms with E-state index in [2.05, 4.69) is 0 Å². The maximum Gasteiger partial charge on any atom is 0.122 e. The van der Waals surface area contributed by atoms with Gasteiger partial charge >= 0.3 is 0 Å². The van der Waals surface area contributed by atoms with Crippen molar-refractivity contribution >= 4 is 10.8 Å². The van der Waals surface area contributed by atoms with Gasteiger partial charge in [0.15, 0.2) is 0 Å². The minimum atomic E-state index is -0.823. The lowest BCUT2D eigenvalue weighted by Gasteiger charge is -2.13. The third kappa shape index (κ3) is 1.67. The van der Waals surface area contributed by atoms with Crippen LogP contribution in [0.4, 0.5) is 0 Å². The highest BCUT2D eigenvalue weighted by Crippen LogP contribution is 2.31. The van der Waals surface area contributed by atoms with Crippen LogP contribution in [0.5, 0.6) is 5.75 Å². The summed E-state index contributed by atoms with van der Waals surface area (Å²) in [5.74, 6) is 0.0895. The van der Waals surface area contributed by atoms with Crippen LogP contribution in [0.3, 0.4) is 0 Å². The topological polar surface area (TPSA) is 66.5 Å². The fourth-order valence-electron chi connectivity index (χ4n) is 1.75. The second-order valence-corrected chi connectivity index (χ2v) is 3.47. The molecule has 15 heavy (non-hydrogen) atoms. The summed E-state index contributed by atoms with van der Waals surface area (Å²) in [5, 5.41) is 21.2. The molecule has 4 N–H and O–H groups in total. The third-order valence-electron chi connectivity index (χ3n) is 2.50. The summed E-state index contributed by atoms with van der Waals surface area (Å²) in [7, 11) is 0. The SMILES string of the molecule is NCC(O)c1c(O)ccc2ccccc12. The number of aromatic hydroxyl groups is 1. The molecule has 0 saturated heterocycles. The number of phenolic OH excluding ortho intramolecular Hbond substituents is 1. The Kier molecular flexibility index (Phi) is 2.58. The maximum absolute atomic E-state index is 9.72. The number of benzene rings is 2. The minimum absolute atomic E-state index is 0.0895. The van der Waals surface area contributed by atoms with Crippen molar-refractivity contribution in [2.45, 2.75) is 6.10 Å². The van der Waals surface area contributed by atoms with Crippen LogP contribution in [-0.4, -0.2) is 16.8 Å². The van der Waals surface area contributed by atoms with E-state index in [4.69, 9.17) is 5.73 Å². The summed E-state index contributed by atoms with van der Waals surface area (Å²) in [4.78, 5) is 0. The number of nitrogens with two attached hydrogens (primary N) is 1. The molecule has 0 aliphatic rings. The van der Waals surface area contributed by atoms with Gasteiger partial charge in [0, 0.05) is 12.1 Å². The molecule has 0 aliphatic heterocycles. The number of hydrogen-bond donors (Lipinski definition) is 3. The molecule has 78 valence electrons. The van der Waals surface area contributed by atoms with E-state index < -0.39 is 6.10 Å². The number of rotatable bonds is 2. The Labute approximate surface area is 87.8 Å². The van der Waals surface area contributed by atoms with Crippen molar-refractivity contribution in [3.63, 3.8) is 0 Å². The molecule has 0 aliphatic carbocycles. The van der Waals surface area contributed by atoms with Crippen LogP contribution in [0.25, 0.3) is 10.8 Å². The quantitative estimate of drug-likeness (QED) is 0.693. The lowest BCUT2D eigenvalue weighted by molar-refractivity contribution is 0.184. The van der Waals surface area contributed by atoms with E-state index in [0.717, 1.165) is 10.8 Å². The summed E-state index contributed by atoms with van der Waals surface area (Å²) >= 11 is 0. The van der Waals surface area contributed by atoms with Crippen molar-refractivity contribution in [1.82, 2.24) is 0 Å². The standard InChI is InChI=1S/C12H13NO2/c13-7-11(15)12-9-4-2-1-3-8(9)5-6-10(12)14/h1-6,11,14-15H,7,13H2. The molecule has 2 aromatic rings. The van der Waals surface area contributed by atoms with E-state index in [1.807, 2.05) is 30.3 Å². The first-order valence-corrected chi connectivity index (χ1v) is 4.83. The fourth-order valence-corrected chi connectivity index (χ4v) is 1.75. The average Bonchev–Trinajstić information content (AvgIpc) is 2.28. The molecule has 0 spiro atoms. The van der Waals surface area contributed by atoms with Gasteiger partial charge in [-0.15, -0.1) is 0 Å². The van der Waals surface area contributed by atoms with E-state index in [1.165, 1.54) is 0 Å². The van der Waals surface area contributed by atoms with Crippen LogP contribution >= 0.6 is 0 Å². The molecule has 0 heterocycles. The Morgan fingerprint density at radius 1 is 1.13 bits per heavy atom. The first-order valence-electron chi connectivity index (χ1n) is 4.83. The largest absolute Gasteiger partial charge is 0.508 e. The van der Waals surface area contributed by atoms with Gasteiger partial charge in [-0.1, -0.05) is 30.3 Å². The normalized spacial score (nSPS) is 12.9. The highest BCUT2D eigenvalue weighted by Gasteiger charge is 2.13. The lowest BCUT2D eigenvalue weighted by atomic mass is 9.99. The van der Waals surface area contributed by atoms with Crippen molar-refractivity contribution in [2.24, 2.45) is 5.73 Å². The molecule has 3 nitrogen and oxygen atoms in total. The zero-order chi connectivity index (χ0) is 10.8. The monoisotopic (exact) mass is 203 g/mol. The van der Waals surface area contributed by atoms with Gasteiger partial charge in [0.25, 0.3) is 0 Å². The molecule has 0 aromatic heterocycles. The first-order chi connectivity index (χ1) is 7.24. The van der Waals surface area contributed by atoms with Crippen molar-refractivity contribution in [2.75, 3.05) is 6.54 Å². The van der Waals surface area contributed by atoms with Crippen LogP contribution in [0.1, 0.15) is 11.7 Å². The Morgan fingerprint density at radius 2 is 1.87 bits per heavy atom. The van der Waals surface area contributed by atoms with E-state index in [0.29, 0.717) is 5.56 Å². The molecule has 1 unspecified atom stereocenters. The molecule has 3 heteroatoms. The smallest absolute Gasteiger partial charge is 0.122 e. The van der Waals surface area contributed by atoms with Gasteiger partial charge in [-0.05, 0) is 16.8 Å². The summed E-state index contributed by atoms with van der Waals surface area (Å²) in [5.41, 5.74) is 5.91. The zero-order valence-electron chi connectivity index (χ0n) is 8.22. The molecule has 2 aromatic carbocycles. The van der Waals surface area contributed by atoms with Gasteiger partial charge in [-0.2, -0.15) is 0 Å². The summed E-state index contributed by atoms with van der Waals surface area (Å²) in [6.45, 7) is 0.0988.